The second-order valence-corrected chi connectivity index (χ2v) is 6.37. The lowest BCUT2D eigenvalue weighted by molar-refractivity contribution is -0.145. The highest BCUT2D eigenvalue weighted by Gasteiger charge is 2.30. The van der Waals surface area contributed by atoms with Crippen LogP contribution in [0.3, 0.4) is 0 Å². The number of ether oxygens (including phenoxy) is 1. The lowest BCUT2D eigenvalue weighted by atomic mass is 10.0. The van der Waals surface area contributed by atoms with Crippen molar-refractivity contribution >= 4 is 11.9 Å². The standard InChI is InChI=1S/C18H22F3NO4/c19-18(20,21)14-6-4-13(5-7-14)11-22(12-17(24)25)16(23)9-8-15-3-1-2-10-26-15/h4-7,15H,1-3,8-12H2,(H,24,25). The summed E-state index contributed by atoms with van der Waals surface area (Å²) in [5.74, 6) is -1.51. The number of carboxylic acids is 1. The first-order valence-corrected chi connectivity index (χ1v) is 8.53. The lowest BCUT2D eigenvalue weighted by Gasteiger charge is -2.25. The molecular weight excluding hydrogens is 351 g/mol. The third-order valence-electron chi connectivity index (χ3n) is 4.29. The Balaban J connectivity index is 1.97. The van der Waals surface area contributed by atoms with E-state index in [1.807, 2.05) is 0 Å². The van der Waals surface area contributed by atoms with Crippen LogP contribution in [0.1, 0.15) is 43.2 Å². The summed E-state index contributed by atoms with van der Waals surface area (Å²) in [5, 5.41) is 9.01. The number of aliphatic carboxylic acids is 1. The van der Waals surface area contributed by atoms with Crippen LogP contribution in [0, 0.1) is 0 Å². The molecule has 1 aromatic carbocycles. The van der Waals surface area contributed by atoms with E-state index in [-0.39, 0.29) is 25.0 Å². The van der Waals surface area contributed by atoms with Crippen molar-refractivity contribution < 1.29 is 32.6 Å². The maximum atomic E-state index is 12.6. The predicted octanol–water partition coefficient (Wildman–Crippen LogP) is 3.47. The van der Waals surface area contributed by atoms with Crippen LogP contribution in [0.15, 0.2) is 24.3 Å². The molecule has 1 aliphatic rings. The maximum absolute atomic E-state index is 12.6. The van der Waals surface area contributed by atoms with Crippen molar-refractivity contribution in [1.82, 2.24) is 4.90 Å². The molecule has 1 atom stereocenters. The number of alkyl halides is 3. The molecule has 0 saturated carbocycles. The highest BCUT2D eigenvalue weighted by atomic mass is 19.4. The zero-order valence-electron chi connectivity index (χ0n) is 14.3. The summed E-state index contributed by atoms with van der Waals surface area (Å²) in [6.07, 6.45) is -0.835. The van der Waals surface area contributed by atoms with Crippen molar-refractivity contribution in [1.29, 1.82) is 0 Å². The van der Waals surface area contributed by atoms with E-state index in [9.17, 15) is 22.8 Å². The number of hydrogen-bond acceptors (Lipinski definition) is 3. The molecule has 1 aliphatic heterocycles. The fourth-order valence-electron chi connectivity index (χ4n) is 2.89. The number of carbonyl (C=O) groups excluding carboxylic acids is 1. The molecular formula is C18H22F3NO4. The second kappa shape index (κ2) is 9.02. The number of hydrogen-bond donors (Lipinski definition) is 1. The molecule has 0 aromatic heterocycles. The smallest absolute Gasteiger partial charge is 0.416 e. The minimum atomic E-state index is -4.44. The van der Waals surface area contributed by atoms with Gasteiger partial charge >= 0.3 is 12.1 Å². The SMILES string of the molecule is O=C(O)CN(Cc1ccc(C(F)(F)F)cc1)C(=O)CCC1CCCCO1. The minimum Gasteiger partial charge on any atom is -0.480 e. The molecule has 0 radical (unpaired) electrons. The highest BCUT2D eigenvalue weighted by molar-refractivity contribution is 5.81. The van der Waals surface area contributed by atoms with Crippen LogP contribution in [0.2, 0.25) is 0 Å². The summed E-state index contributed by atoms with van der Waals surface area (Å²) in [6.45, 7) is 0.128. The Morgan fingerprint density at radius 3 is 2.42 bits per heavy atom. The van der Waals surface area contributed by atoms with E-state index >= 15 is 0 Å². The van der Waals surface area contributed by atoms with Gasteiger partial charge in [-0.15, -0.1) is 0 Å². The molecule has 1 saturated heterocycles. The summed E-state index contributed by atoms with van der Waals surface area (Å²) in [6, 6.07) is 4.37. The Bertz CT molecular complexity index is 610. The number of benzene rings is 1. The molecule has 144 valence electrons. The van der Waals surface area contributed by atoms with Crippen molar-refractivity contribution in [3.63, 3.8) is 0 Å². The van der Waals surface area contributed by atoms with Gasteiger partial charge in [-0.25, -0.2) is 0 Å². The van der Waals surface area contributed by atoms with Crippen LogP contribution < -0.4 is 0 Å². The van der Waals surface area contributed by atoms with Crippen LogP contribution in [0.5, 0.6) is 0 Å². The Morgan fingerprint density at radius 1 is 1.19 bits per heavy atom. The Morgan fingerprint density at radius 2 is 1.88 bits per heavy atom. The molecule has 26 heavy (non-hydrogen) atoms. The predicted molar refractivity (Wildman–Crippen MR) is 87.3 cm³/mol. The molecule has 1 N–H and O–H groups in total. The highest BCUT2D eigenvalue weighted by Crippen LogP contribution is 2.29. The summed E-state index contributed by atoms with van der Waals surface area (Å²) in [4.78, 5) is 24.6. The first-order chi connectivity index (χ1) is 12.3. The van der Waals surface area contributed by atoms with E-state index in [2.05, 4.69) is 0 Å². The van der Waals surface area contributed by atoms with Gasteiger partial charge in [0.1, 0.15) is 6.54 Å². The van der Waals surface area contributed by atoms with Gasteiger partial charge in [0.15, 0.2) is 0 Å². The molecule has 5 nitrogen and oxygen atoms in total. The van der Waals surface area contributed by atoms with Gasteiger partial charge in [0.25, 0.3) is 0 Å². The van der Waals surface area contributed by atoms with E-state index in [1.54, 1.807) is 0 Å². The van der Waals surface area contributed by atoms with Crippen LogP contribution >= 0.6 is 0 Å². The summed E-state index contributed by atoms with van der Waals surface area (Å²) < 4.78 is 43.4. The molecule has 1 heterocycles. The van der Waals surface area contributed by atoms with E-state index in [0.29, 0.717) is 18.6 Å². The molecule has 1 aromatic rings. The average molecular weight is 373 g/mol. The summed E-state index contributed by atoms with van der Waals surface area (Å²) >= 11 is 0. The largest absolute Gasteiger partial charge is 0.480 e. The minimum absolute atomic E-state index is 0.00504. The maximum Gasteiger partial charge on any atom is 0.416 e. The van der Waals surface area contributed by atoms with Crippen molar-refractivity contribution in [2.75, 3.05) is 13.2 Å². The van der Waals surface area contributed by atoms with Gasteiger partial charge in [-0.05, 0) is 43.4 Å². The Labute approximate surface area is 149 Å². The van der Waals surface area contributed by atoms with E-state index in [0.717, 1.165) is 36.3 Å². The molecule has 2 rings (SSSR count). The molecule has 0 bridgehead atoms. The molecule has 1 unspecified atom stereocenters. The number of halogens is 3. The van der Waals surface area contributed by atoms with Gasteiger partial charge in [-0.1, -0.05) is 12.1 Å². The molecule has 1 amide bonds. The second-order valence-electron chi connectivity index (χ2n) is 6.37. The van der Waals surface area contributed by atoms with E-state index in [4.69, 9.17) is 9.84 Å². The number of rotatable bonds is 7. The van der Waals surface area contributed by atoms with Gasteiger partial charge < -0.3 is 14.7 Å². The van der Waals surface area contributed by atoms with Crippen LogP contribution in [-0.4, -0.2) is 41.1 Å². The van der Waals surface area contributed by atoms with Gasteiger partial charge in [0, 0.05) is 19.6 Å². The monoisotopic (exact) mass is 373 g/mol. The molecule has 1 fully saturated rings. The lowest BCUT2D eigenvalue weighted by Crippen LogP contribution is -2.35. The molecule has 8 heteroatoms. The summed E-state index contributed by atoms with van der Waals surface area (Å²) in [7, 11) is 0. The van der Waals surface area contributed by atoms with Gasteiger partial charge in [0.2, 0.25) is 5.91 Å². The van der Waals surface area contributed by atoms with Crippen molar-refractivity contribution in [3.8, 4) is 0 Å². The molecule has 0 aliphatic carbocycles. The number of carbonyl (C=O) groups is 2. The van der Waals surface area contributed by atoms with Gasteiger partial charge in [-0.2, -0.15) is 13.2 Å². The van der Waals surface area contributed by atoms with Crippen molar-refractivity contribution in [3.05, 3.63) is 35.4 Å². The van der Waals surface area contributed by atoms with Crippen LogP contribution in [0.4, 0.5) is 13.2 Å². The fraction of sp³-hybridized carbons (Fsp3) is 0.556. The van der Waals surface area contributed by atoms with Gasteiger partial charge in [-0.3, -0.25) is 9.59 Å². The van der Waals surface area contributed by atoms with Gasteiger partial charge in [0.05, 0.1) is 11.7 Å². The average Bonchev–Trinajstić information content (AvgIpc) is 2.59. The zero-order valence-corrected chi connectivity index (χ0v) is 14.3. The Kier molecular flexibility index (Phi) is 7.02. The van der Waals surface area contributed by atoms with Crippen LogP contribution in [-0.2, 0) is 27.0 Å². The van der Waals surface area contributed by atoms with Crippen molar-refractivity contribution in [2.45, 2.75) is 50.9 Å². The van der Waals surface area contributed by atoms with Crippen molar-refractivity contribution in [2.24, 2.45) is 0 Å². The number of carboxylic acid groups (broad SMARTS) is 1. The first kappa shape index (κ1) is 20.2. The van der Waals surface area contributed by atoms with E-state index < -0.39 is 24.3 Å². The normalized spacial score (nSPS) is 17.7. The third kappa shape index (κ3) is 6.33. The summed E-state index contributed by atoms with van der Waals surface area (Å²) in [5.41, 5.74) is -0.340. The Hall–Kier alpha value is -2.09. The number of amides is 1. The molecule has 0 spiro atoms. The fourth-order valence-corrected chi connectivity index (χ4v) is 2.89. The quantitative estimate of drug-likeness (QED) is 0.795. The zero-order chi connectivity index (χ0) is 19.2. The topological polar surface area (TPSA) is 66.8 Å². The first-order valence-electron chi connectivity index (χ1n) is 8.53. The van der Waals surface area contributed by atoms with E-state index in [1.165, 1.54) is 12.1 Å². The number of nitrogens with zero attached hydrogens (tertiary/aromatic N) is 1. The van der Waals surface area contributed by atoms with Crippen LogP contribution in [0.25, 0.3) is 0 Å². The third-order valence-corrected chi connectivity index (χ3v) is 4.29.